The summed E-state index contributed by atoms with van der Waals surface area (Å²) in [6.07, 6.45) is 1.78. The van der Waals surface area contributed by atoms with Gasteiger partial charge in [0.05, 0.1) is 18.0 Å². The maximum atomic E-state index is 12.7. The van der Waals surface area contributed by atoms with Crippen molar-refractivity contribution in [2.24, 2.45) is 0 Å². The van der Waals surface area contributed by atoms with Crippen LogP contribution in [-0.4, -0.2) is 32.9 Å². The van der Waals surface area contributed by atoms with Crippen LogP contribution >= 0.6 is 27.3 Å². The van der Waals surface area contributed by atoms with E-state index in [-0.39, 0.29) is 12.5 Å². The number of aromatic nitrogens is 3. The predicted molar refractivity (Wildman–Crippen MR) is 98.4 cm³/mol. The van der Waals surface area contributed by atoms with Crippen LogP contribution in [-0.2, 0) is 4.74 Å². The van der Waals surface area contributed by atoms with E-state index in [0.29, 0.717) is 32.7 Å². The van der Waals surface area contributed by atoms with Gasteiger partial charge in [0.25, 0.3) is 5.91 Å². The average Bonchev–Trinajstić information content (AvgIpc) is 3.06. The van der Waals surface area contributed by atoms with Crippen molar-refractivity contribution in [1.29, 1.82) is 0 Å². The van der Waals surface area contributed by atoms with E-state index < -0.39 is 5.97 Å². The standard InChI is InChI=1S/C16H15BrN4O3S/c1-4-24-15(23)13-9(3)19-16(25-13)20-14(22)12-8(2)18-11-6-5-10(17)7-21(11)12/h5-7H,4H2,1-3H3,(H,19,20,22). The lowest BCUT2D eigenvalue weighted by Gasteiger charge is -2.03. The smallest absolute Gasteiger partial charge is 0.350 e. The van der Waals surface area contributed by atoms with Gasteiger partial charge in [-0.15, -0.1) is 0 Å². The molecule has 0 aliphatic carbocycles. The molecule has 25 heavy (non-hydrogen) atoms. The molecule has 0 atom stereocenters. The molecule has 0 saturated carbocycles. The van der Waals surface area contributed by atoms with Crippen LogP contribution in [0.1, 0.15) is 38.5 Å². The molecule has 0 radical (unpaired) electrons. The first-order valence-corrected chi connectivity index (χ1v) is 9.11. The molecule has 3 aromatic rings. The zero-order chi connectivity index (χ0) is 18.1. The second kappa shape index (κ2) is 6.93. The van der Waals surface area contributed by atoms with Crippen molar-refractivity contribution < 1.29 is 14.3 Å². The molecule has 0 saturated heterocycles. The number of ether oxygens (including phenoxy) is 1. The number of rotatable bonds is 4. The van der Waals surface area contributed by atoms with Gasteiger partial charge in [-0.1, -0.05) is 11.3 Å². The van der Waals surface area contributed by atoms with E-state index in [1.54, 1.807) is 31.4 Å². The number of nitrogens with zero attached hydrogens (tertiary/aromatic N) is 3. The second-order valence-corrected chi connectivity index (χ2v) is 7.14. The summed E-state index contributed by atoms with van der Waals surface area (Å²) in [6, 6.07) is 3.68. The number of hydrogen-bond donors (Lipinski definition) is 1. The van der Waals surface area contributed by atoms with Crippen LogP contribution in [0.25, 0.3) is 5.65 Å². The Morgan fingerprint density at radius 3 is 2.76 bits per heavy atom. The third-order valence-corrected chi connectivity index (χ3v) is 4.97. The highest BCUT2D eigenvalue weighted by atomic mass is 79.9. The summed E-state index contributed by atoms with van der Waals surface area (Å²) >= 11 is 4.48. The minimum atomic E-state index is -0.437. The first kappa shape index (κ1) is 17.6. The first-order valence-electron chi connectivity index (χ1n) is 7.50. The number of esters is 1. The van der Waals surface area contributed by atoms with Crippen LogP contribution in [0.5, 0.6) is 0 Å². The lowest BCUT2D eigenvalue weighted by molar-refractivity contribution is 0.0531. The molecule has 0 aliphatic rings. The highest BCUT2D eigenvalue weighted by Crippen LogP contribution is 2.25. The first-order chi connectivity index (χ1) is 11.9. The molecule has 0 spiro atoms. The number of fused-ring (bicyclic) bond motifs is 1. The molecule has 0 bridgehead atoms. The summed E-state index contributed by atoms with van der Waals surface area (Å²) < 4.78 is 7.53. The Bertz CT molecular complexity index is 979. The second-order valence-electron chi connectivity index (χ2n) is 5.23. The zero-order valence-electron chi connectivity index (χ0n) is 13.8. The third kappa shape index (κ3) is 3.42. The third-order valence-electron chi connectivity index (χ3n) is 3.45. The molecule has 7 nitrogen and oxygen atoms in total. The van der Waals surface area contributed by atoms with Gasteiger partial charge in [0.1, 0.15) is 16.2 Å². The summed E-state index contributed by atoms with van der Waals surface area (Å²) in [7, 11) is 0. The molecular formula is C16H15BrN4O3S. The van der Waals surface area contributed by atoms with Crippen LogP contribution in [0.15, 0.2) is 22.8 Å². The van der Waals surface area contributed by atoms with Gasteiger partial charge in [-0.3, -0.25) is 14.5 Å². The molecule has 9 heteroatoms. The number of nitrogens with one attached hydrogen (secondary N) is 1. The maximum absolute atomic E-state index is 12.7. The van der Waals surface area contributed by atoms with Crippen LogP contribution in [0.3, 0.4) is 0 Å². The van der Waals surface area contributed by atoms with Crippen molar-refractivity contribution in [2.45, 2.75) is 20.8 Å². The van der Waals surface area contributed by atoms with E-state index in [9.17, 15) is 9.59 Å². The van der Waals surface area contributed by atoms with Gasteiger partial charge in [0, 0.05) is 10.7 Å². The number of thiazole rings is 1. The zero-order valence-corrected chi connectivity index (χ0v) is 16.2. The molecule has 1 amide bonds. The van der Waals surface area contributed by atoms with Gasteiger partial charge >= 0.3 is 5.97 Å². The molecule has 0 aromatic carbocycles. The van der Waals surface area contributed by atoms with E-state index in [1.165, 1.54) is 0 Å². The maximum Gasteiger partial charge on any atom is 0.350 e. The van der Waals surface area contributed by atoms with E-state index in [0.717, 1.165) is 15.8 Å². The number of amides is 1. The average molecular weight is 423 g/mol. The highest BCUT2D eigenvalue weighted by Gasteiger charge is 2.21. The number of anilines is 1. The van der Waals surface area contributed by atoms with Crippen molar-refractivity contribution in [3.8, 4) is 0 Å². The molecule has 0 fully saturated rings. The van der Waals surface area contributed by atoms with Crippen LogP contribution in [0, 0.1) is 13.8 Å². The number of imidazole rings is 1. The highest BCUT2D eigenvalue weighted by molar-refractivity contribution is 9.10. The number of hydrogen-bond acceptors (Lipinski definition) is 6. The lowest BCUT2D eigenvalue weighted by Crippen LogP contribution is -2.15. The van der Waals surface area contributed by atoms with Crippen LogP contribution in [0.4, 0.5) is 5.13 Å². The summed E-state index contributed by atoms with van der Waals surface area (Å²) in [5.74, 6) is -0.778. The van der Waals surface area contributed by atoms with Crippen molar-refractivity contribution >= 4 is 49.9 Å². The summed E-state index contributed by atoms with van der Waals surface area (Å²) in [4.78, 5) is 33.6. The van der Waals surface area contributed by atoms with Crippen molar-refractivity contribution in [3.05, 3.63) is 44.8 Å². The number of halogens is 1. The fraction of sp³-hybridized carbons (Fsp3) is 0.250. The lowest BCUT2D eigenvalue weighted by atomic mass is 10.3. The predicted octanol–water partition coefficient (Wildman–Crippen LogP) is 3.60. The summed E-state index contributed by atoms with van der Waals surface area (Å²) in [5.41, 5.74) is 2.22. The quantitative estimate of drug-likeness (QED) is 0.649. The molecule has 0 aliphatic heterocycles. The van der Waals surface area contributed by atoms with E-state index in [1.807, 2.05) is 12.1 Å². The Kier molecular flexibility index (Phi) is 4.87. The van der Waals surface area contributed by atoms with E-state index in [4.69, 9.17) is 4.74 Å². The SMILES string of the molecule is CCOC(=O)c1sc(NC(=O)c2c(C)nc3ccc(Br)cn23)nc1C. The van der Waals surface area contributed by atoms with Gasteiger partial charge in [-0.05, 0) is 48.8 Å². The minimum Gasteiger partial charge on any atom is -0.462 e. The van der Waals surface area contributed by atoms with Crippen LogP contribution < -0.4 is 5.32 Å². The van der Waals surface area contributed by atoms with E-state index in [2.05, 4.69) is 31.2 Å². The Morgan fingerprint density at radius 2 is 2.04 bits per heavy atom. The molecule has 3 aromatic heterocycles. The number of aryl methyl sites for hydroxylation is 2. The van der Waals surface area contributed by atoms with Gasteiger partial charge in [-0.2, -0.15) is 0 Å². The number of carbonyl (C=O) groups is 2. The van der Waals surface area contributed by atoms with Crippen molar-refractivity contribution in [2.75, 3.05) is 11.9 Å². The topological polar surface area (TPSA) is 85.6 Å². The fourth-order valence-electron chi connectivity index (χ4n) is 2.40. The fourth-order valence-corrected chi connectivity index (χ4v) is 3.59. The van der Waals surface area contributed by atoms with Gasteiger partial charge in [-0.25, -0.2) is 14.8 Å². The van der Waals surface area contributed by atoms with Crippen molar-refractivity contribution in [3.63, 3.8) is 0 Å². The largest absolute Gasteiger partial charge is 0.462 e. The molecule has 1 N–H and O–H groups in total. The Balaban J connectivity index is 1.91. The normalized spacial score (nSPS) is 10.9. The monoisotopic (exact) mass is 422 g/mol. The van der Waals surface area contributed by atoms with Crippen molar-refractivity contribution in [1.82, 2.24) is 14.4 Å². The Hall–Kier alpha value is -2.26. The molecular weight excluding hydrogens is 408 g/mol. The van der Waals surface area contributed by atoms with E-state index >= 15 is 0 Å². The van der Waals surface area contributed by atoms with Crippen LogP contribution in [0.2, 0.25) is 0 Å². The Morgan fingerprint density at radius 1 is 1.28 bits per heavy atom. The molecule has 130 valence electrons. The minimum absolute atomic E-state index is 0.285. The molecule has 3 heterocycles. The molecule has 3 rings (SSSR count). The van der Waals surface area contributed by atoms with Gasteiger partial charge in [0.2, 0.25) is 0 Å². The molecule has 0 unspecified atom stereocenters. The summed E-state index contributed by atoms with van der Waals surface area (Å²) in [5, 5.41) is 3.08. The Labute approximate surface area is 156 Å². The number of carbonyl (C=O) groups excluding carboxylic acids is 2. The van der Waals surface area contributed by atoms with Gasteiger partial charge in [0.15, 0.2) is 5.13 Å². The summed E-state index contributed by atoms with van der Waals surface area (Å²) in [6.45, 7) is 5.50. The van der Waals surface area contributed by atoms with Gasteiger partial charge < -0.3 is 4.74 Å². The number of pyridine rings is 1.